The highest BCUT2D eigenvalue weighted by Gasteiger charge is 2.33. The quantitative estimate of drug-likeness (QED) is 0.646. The Kier molecular flexibility index (Phi) is 3.82. The summed E-state index contributed by atoms with van der Waals surface area (Å²) in [5.41, 5.74) is 0. The SMILES string of the molecule is CNC(CCN(CC1CC1)C1CC1)C(=O)O. The van der Waals surface area contributed by atoms with E-state index in [2.05, 4.69) is 10.2 Å². The van der Waals surface area contributed by atoms with Gasteiger partial charge in [0.05, 0.1) is 0 Å². The van der Waals surface area contributed by atoms with E-state index in [9.17, 15) is 4.79 Å². The number of likely N-dealkylation sites (N-methyl/N-ethyl adjacent to an activating group) is 1. The van der Waals surface area contributed by atoms with Crippen molar-refractivity contribution in [1.82, 2.24) is 10.2 Å². The Morgan fingerprint density at radius 2 is 2.12 bits per heavy atom. The van der Waals surface area contributed by atoms with E-state index in [1.807, 2.05) is 0 Å². The first-order valence-corrected chi connectivity index (χ1v) is 6.35. The lowest BCUT2D eigenvalue weighted by molar-refractivity contribution is -0.139. The Morgan fingerprint density at radius 3 is 2.56 bits per heavy atom. The Balaban J connectivity index is 1.73. The normalized spacial score (nSPS) is 22.4. The molecule has 2 rings (SSSR count). The molecule has 4 heteroatoms. The molecule has 16 heavy (non-hydrogen) atoms. The summed E-state index contributed by atoms with van der Waals surface area (Å²) in [4.78, 5) is 13.4. The summed E-state index contributed by atoms with van der Waals surface area (Å²) in [7, 11) is 1.72. The van der Waals surface area contributed by atoms with Crippen LogP contribution >= 0.6 is 0 Å². The summed E-state index contributed by atoms with van der Waals surface area (Å²) >= 11 is 0. The van der Waals surface area contributed by atoms with Gasteiger partial charge in [-0.1, -0.05) is 0 Å². The van der Waals surface area contributed by atoms with Crippen LogP contribution in [0.5, 0.6) is 0 Å². The average molecular weight is 226 g/mol. The van der Waals surface area contributed by atoms with Crippen LogP contribution in [0.1, 0.15) is 32.1 Å². The number of nitrogens with one attached hydrogen (secondary N) is 1. The minimum Gasteiger partial charge on any atom is -0.480 e. The van der Waals surface area contributed by atoms with Gasteiger partial charge in [-0.25, -0.2) is 0 Å². The molecular weight excluding hydrogens is 204 g/mol. The van der Waals surface area contributed by atoms with Crippen LogP contribution in [-0.2, 0) is 4.79 Å². The van der Waals surface area contributed by atoms with Crippen molar-refractivity contribution in [2.75, 3.05) is 20.1 Å². The van der Waals surface area contributed by atoms with E-state index in [0.717, 1.165) is 24.9 Å². The van der Waals surface area contributed by atoms with Gasteiger partial charge in [-0.2, -0.15) is 0 Å². The Hall–Kier alpha value is -0.610. The molecule has 2 saturated carbocycles. The molecule has 0 radical (unpaired) electrons. The minimum absolute atomic E-state index is 0.388. The molecule has 2 aliphatic rings. The molecule has 4 nitrogen and oxygen atoms in total. The molecule has 0 bridgehead atoms. The Labute approximate surface area is 97.0 Å². The zero-order chi connectivity index (χ0) is 11.5. The van der Waals surface area contributed by atoms with E-state index in [0.29, 0.717) is 0 Å². The van der Waals surface area contributed by atoms with Gasteiger partial charge in [0.25, 0.3) is 0 Å². The fourth-order valence-corrected chi connectivity index (χ4v) is 2.18. The largest absolute Gasteiger partial charge is 0.480 e. The van der Waals surface area contributed by atoms with Crippen LogP contribution in [0.3, 0.4) is 0 Å². The van der Waals surface area contributed by atoms with Gasteiger partial charge in [-0.3, -0.25) is 4.79 Å². The number of carbonyl (C=O) groups is 1. The highest BCUT2D eigenvalue weighted by Crippen LogP contribution is 2.34. The molecule has 0 aromatic carbocycles. The molecule has 0 saturated heterocycles. The van der Waals surface area contributed by atoms with Crippen LogP contribution in [0, 0.1) is 5.92 Å². The van der Waals surface area contributed by atoms with E-state index >= 15 is 0 Å². The van der Waals surface area contributed by atoms with Gasteiger partial charge in [-0.15, -0.1) is 0 Å². The highest BCUT2D eigenvalue weighted by atomic mass is 16.4. The minimum atomic E-state index is -0.732. The molecule has 0 spiro atoms. The molecule has 2 fully saturated rings. The van der Waals surface area contributed by atoms with Crippen molar-refractivity contribution in [2.45, 2.75) is 44.2 Å². The summed E-state index contributed by atoms with van der Waals surface area (Å²) in [5, 5.41) is 11.8. The standard InChI is InChI=1S/C12H22N2O2/c1-13-11(12(15)16)6-7-14(10-4-5-10)8-9-2-3-9/h9-11,13H,2-8H2,1H3,(H,15,16). The fourth-order valence-electron chi connectivity index (χ4n) is 2.18. The van der Waals surface area contributed by atoms with Gasteiger partial charge in [-0.05, 0) is 45.1 Å². The molecule has 0 heterocycles. The van der Waals surface area contributed by atoms with E-state index in [4.69, 9.17) is 5.11 Å². The van der Waals surface area contributed by atoms with Crippen molar-refractivity contribution in [3.8, 4) is 0 Å². The lowest BCUT2D eigenvalue weighted by Gasteiger charge is -2.23. The number of hydrogen-bond acceptors (Lipinski definition) is 3. The van der Waals surface area contributed by atoms with Crippen LogP contribution in [0.2, 0.25) is 0 Å². The van der Waals surface area contributed by atoms with Gasteiger partial charge >= 0.3 is 5.97 Å². The van der Waals surface area contributed by atoms with Crippen LogP contribution in [0.25, 0.3) is 0 Å². The summed E-state index contributed by atoms with van der Waals surface area (Å²) in [6, 6.07) is 0.368. The van der Waals surface area contributed by atoms with Crippen molar-refractivity contribution < 1.29 is 9.90 Å². The van der Waals surface area contributed by atoms with Crippen LogP contribution in [-0.4, -0.2) is 48.2 Å². The first-order valence-electron chi connectivity index (χ1n) is 6.35. The zero-order valence-corrected chi connectivity index (χ0v) is 9.98. The second-order valence-electron chi connectivity index (χ2n) is 5.14. The molecule has 1 atom stereocenters. The van der Waals surface area contributed by atoms with Crippen LogP contribution in [0.15, 0.2) is 0 Å². The molecule has 92 valence electrons. The topological polar surface area (TPSA) is 52.6 Å². The molecule has 0 aromatic rings. The first kappa shape index (κ1) is 11.9. The molecular formula is C12H22N2O2. The number of aliphatic carboxylic acids is 1. The van der Waals surface area contributed by atoms with Crippen molar-refractivity contribution in [3.05, 3.63) is 0 Å². The number of rotatable bonds is 8. The van der Waals surface area contributed by atoms with E-state index < -0.39 is 5.97 Å². The summed E-state index contributed by atoms with van der Waals surface area (Å²) in [6.45, 7) is 2.12. The van der Waals surface area contributed by atoms with E-state index in [1.54, 1.807) is 7.05 Å². The Bertz CT molecular complexity index is 249. The predicted octanol–water partition coefficient (Wildman–Crippen LogP) is 0.923. The molecule has 0 amide bonds. The summed E-state index contributed by atoms with van der Waals surface area (Å²) in [6.07, 6.45) is 6.08. The van der Waals surface area contributed by atoms with Gasteiger partial charge in [0.15, 0.2) is 0 Å². The van der Waals surface area contributed by atoms with Gasteiger partial charge in [0.1, 0.15) is 6.04 Å². The average Bonchev–Trinajstić information content (AvgIpc) is 3.10. The molecule has 2 aliphatic carbocycles. The van der Waals surface area contributed by atoms with Crippen molar-refractivity contribution in [2.24, 2.45) is 5.92 Å². The van der Waals surface area contributed by atoms with Gasteiger partial charge < -0.3 is 15.3 Å². The third-order valence-electron chi connectivity index (χ3n) is 3.60. The maximum Gasteiger partial charge on any atom is 0.320 e. The monoisotopic (exact) mass is 226 g/mol. The number of carboxylic acid groups (broad SMARTS) is 1. The summed E-state index contributed by atoms with van der Waals surface area (Å²) < 4.78 is 0. The molecule has 1 unspecified atom stereocenters. The lowest BCUT2D eigenvalue weighted by Crippen LogP contribution is -2.39. The van der Waals surface area contributed by atoms with Crippen molar-refractivity contribution in [1.29, 1.82) is 0 Å². The molecule has 2 N–H and O–H groups in total. The maximum atomic E-state index is 10.9. The van der Waals surface area contributed by atoms with E-state index in [-0.39, 0.29) is 6.04 Å². The fraction of sp³-hybridized carbons (Fsp3) is 0.917. The van der Waals surface area contributed by atoms with Crippen molar-refractivity contribution in [3.63, 3.8) is 0 Å². The second kappa shape index (κ2) is 5.15. The predicted molar refractivity (Wildman–Crippen MR) is 62.4 cm³/mol. The van der Waals surface area contributed by atoms with Crippen LogP contribution < -0.4 is 5.32 Å². The van der Waals surface area contributed by atoms with Crippen LogP contribution in [0.4, 0.5) is 0 Å². The smallest absolute Gasteiger partial charge is 0.320 e. The van der Waals surface area contributed by atoms with Crippen molar-refractivity contribution >= 4 is 5.97 Å². The molecule has 0 aliphatic heterocycles. The first-order chi connectivity index (χ1) is 7.70. The Morgan fingerprint density at radius 1 is 1.44 bits per heavy atom. The number of carboxylic acids is 1. The number of nitrogens with zero attached hydrogens (tertiary/aromatic N) is 1. The third kappa shape index (κ3) is 3.46. The van der Waals surface area contributed by atoms with Gasteiger partial charge in [0, 0.05) is 19.1 Å². The zero-order valence-electron chi connectivity index (χ0n) is 9.98. The summed E-state index contributed by atoms with van der Waals surface area (Å²) in [5.74, 6) is 0.170. The molecule has 0 aromatic heterocycles. The second-order valence-corrected chi connectivity index (χ2v) is 5.14. The third-order valence-corrected chi connectivity index (χ3v) is 3.60. The number of hydrogen-bond donors (Lipinski definition) is 2. The lowest BCUT2D eigenvalue weighted by atomic mass is 10.2. The highest BCUT2D eigenvalue weighted by molar-refractivity contribution is 5.73. The van der Waals surface area contributed by atoms with E-state index in [1.165, 1.54) is 32.2 Å². The maximum absolute atomic E-state index is 10.9. The van der Waals surface area contributed by atoms with Gasteiger partial charge in [0.2, 0.25) is 0 Å².